The van der Waals surface area contributed by atoms with Gasteiger partial charge in [0.25, 0.3) is 0 Å². The summed E-state index contributed by atoms with van der Waals surface area (Å²) in [5, 5.41) is 9.71. The molecule has 0 aliphatic heterocycles. The van der Waals surface area contributed by atoms with Gasteiger partial charge in [-0.2, -0.15) is 0 Å². The van der Waals surface area contributed by atoms with Crippen LogP contribution in [0.15, 0.2) is 24.3 Å². The highest BCUT2D eigenvalue weighted by Gasteiger charge is 2.08. The fourth-order valence-electron chi connectivity index (χ4n) is 1.15. The van der Waals surface area contributed by atoms with Crippen LogP contribution in [0.2, 0.25) is 0 Å². The van der Waals surface area contributed by atoms with Crippen LogP contribution in [0.3, 0.4) is 0 Å². The van der Waals surface area contributed by atoms with Gasteiger partial charge in [0.15, 0.2) is 0 Å². The van der Waals surface area contributed by atoms with E-state index in [0.29, 0.717) is 12.3 Å². The van der Waals surface area contributed by atoms with E-state index in [0.717, 1.165) is 5.56 Å². The Bertz CT molecular complexity index is 286. The monoisotopic (exact) mass is 195 g/mol. The highest BCUT2D eigenvalue weighted by Crippen LogP contribution is 2.16. The van der Waals surface area contributed by atoms with Gasteiger partial charge in [-0.3, -0.25) is 0 Å². The average molecular weight is 195 g/mol. The number of hydrogen-bond acceptors (Lipinski definition) is 3. The molecule has 1 aromatic rings. The van der Waals surface area contributed by atoms with Gasteiger partial charge in [-0.1, -0.05) is 12.1 Å². The largest absolute Gasteiger partial charge is 0.399 e. The number of aliphatic hydroxyl groups excluding tert-OH is 1. The first kappa shape index (κ1) is 11.0. The number of hydrogen-bond donors (Lipinski definition) is 2. The third-order valence-electron chi connectivity index (χ3n) is 1.88. The van der Waals surface area contributed by atoms with Gasteiger partial charge >= 0.3 is 0 Å². The number of benzene rings is 1. The van der Waals surface area contributed by atoms with Gasteiger partial charge in [0, 0.05) is 5.69 Å². The Kier molecular flexibility index (Phi) is 3.92. The van der Waals surface area contributed by atoms with E-state index in [9.17, 15) is 5.11 Å². The Morgan fingerprint density at radius 2 is 2.14 bits per heavy atom. The number of anilines is 1. The van der Waals surface area contributed by atoms with E-state index in [1.165, 1.54) is 0 Å². The van der Waals surface area contributed by atoms with Crippen LogP contribution in [0.1, 0.15) is 25.5 Å². The second-order valence-corrected chi connectivity index (χ2v) is 3.57. The smallest absolute Gasteiger partial charge is 0.102 e. The molecule has 0 saturated carbocycles. The summed E-state index contributed by atoms with van der Waals surface area (Å²) in [5.74, 6) is 0. The molecular weight excluding hydrogens is 178 g/mol. The molecule has 14 heavy (non-hydrogen) atoms. The summed E-state index contributed by atoms with van der Waals surface area (Å²) in [6.45, 7) is 4.18. The topological polar surface area (TPSA) is 55.5 Å². The minimum absolute atomic E-state index is 0.130. The molecule has 0 bridgehead atoms. The summed E-state index contributed by atoms with van der Waals surface area (Å²) in [4.78, 5) is 0. The van der Waals surface area contributed by atoms with Crippen LogP contribution in [0, 0.1) is 0 Å². The molecule has 1 unspecified atom stereocenters. The van der Waals surface area contributed by atoms with E-state index in [2.05, 4.69) is 0 Å². The quantitative estimate of drug-likeness (QED) is 0.719. The predicted molar refractivity (Wildman–Crippen MR) is 56.9 cm³/mol. The molecule has 0 aliphatic rings. The van der Waals surface area contributed by atoms with E-state index in [4.69, 9.17) is 10.5 Å². The van der Waals surface area contributed by atoms with E-state index in [1.54, 1.807) is 12.1 Å². The lowest BCUT2D eigenvalue weighted by Gasteiger charge is -2.13. The molecule has 1 atom stereocenters. The van der Waals surface area contributed by atoms with E-state index >= 15 is 0 Å². The fourth-order valence-corrected chi connectivity index (χ4v) is 1.15. The summed E-state index contributed by atoms with van der Waals surface area (Å²) < 4.78 is 5.31. The average Bonchev–Trinajstić information content (AvgIpc) is 2.14. The van der Waals surface area contributed by atoms with E-state index < -0.39 is 6.10 Å². The first-order chi connectivity index (χ1) is 6.59. The molecule has 3 N–H and O–H groups in total. The molecule has 0 amide bonds. The standard InChI is InChI=1S/C11H17NO2/c1-8(2)14-7-11(13)9-4-3-5-10(12)6-9/h3-6,8,11,13H,7,12H2,1-2H3. The van der Waals surface area contributed by atoms with Gasteiger partial charge in [0.05, 0.1) is 12.7 Å². The number of rotatable bonds is 4. The van der Waals surface area contributed by atoms with Crippen LogP contribution in [-0.4, -0.2) is 17.8 Å². The van der Waals surface area contributed by atoms with Crippen LogP contribution >= 0.6 is 0 Å². The van der Waals surface area contributed by atoms with Crippen molar-refractivity contribution in [1.29, 1.82) is 0 Å². The Morgan fingerprint density at radius 1 is 1.43 bits per heavy atom. The molecule has 0 radical (unpaired) electrons. The van der Waals surface area contributed by atoms with Crippen molar-refractivity contribution in [2.24, 2.45) is 0 Å². The van der Waals surface area contributed by atoms with Crippen LogP contribution in [0.4, 0.5) is 5.69 Å². The summed E-state index contributed by atoms with van der Waals surface area (Å²) >= 11 is 0. The lowest BCUT2D eigenvalue weighted by molar-refractivity contribution is 0.00495. The minimum Gasteiger partial charge on any atom is -0.399 e. The third-order valence-corrected chi connectivity index (χ3v) is 1.88. The zero-order chi connectivity index (χ0) is 10.6. The minimum atomic E-state index is -0.596. The number of ether oxygens (including phenoxy) is 1. The molecule has 1 rings (SSSR count). The van der Waals surface area contributed by atoms with Crippen molar-refractivity contribution >= 4 is 5.69 Å². The van der Waals surface area contributed by atoms with E-state index in [-0.39, 0.29) is 6.10 Å². The molecule has 0 saturated heterocycles. The Morgan fingerprint density at radius 3 is 2.71 bits per heavy atom. The molecule has 0 heterocycles. The van der Waals surface area contributed by atoms with Crippen molar-refractivity contribution < 1.29 is 9.84 Å². The maximum Gasteiger partial charge on any atom is 0.102 e. The summed E-state index contributed by atoms with van der Waals surface area (Å²) in [5.41, 5.74) is 7.06. The van der Waals surface area contributed by atoms with Gasteiger partial charge in [0.1, 0.15) is 6.10 Å². The first-order valence-electron chi connectivity index (χ1n) is 4.74. The number of aliphatic hydroxyl groups is 1. The van der Waals surface area contributed by atoms with Crippen molar-refractivity contribution in [3.63, 3.8) is 0 Å². The van der Waals surface area contributed by atoms with Gasteiger partial charge in [-0.05, 0) is 31.5 Å². The van der Waals surface area contributed by atoms with Crippen molar-refractivity contribution in [1.82, 2.24) is 0 Å². The molecule has 0 fully saturated rings. The second kappa shape index (κ2) is 4.98. The number of nitrogen functional groups attached to an aromatic ring is 1. The zero-order valence-corrected chi connectivity index (χ0v) is 8.60. The molecule has 0 spiro atoms. The molecule has 78 valence electrons. The highest BCUT2D eigenvalue weighted by atomic mass is 16.5. The van der Waals surface area contributed by atoms with Crippen molar-refractivity contribution in [3.05, 3.63) is 29.8 Å². The Balaban J connectivity index is 2.56. The molecule has 3 nitrogen and oxygen atoms in total. The zero-order valence-electron chi connectivity index (χ0n) is 8.60. The normalized spacial score (nSPS) is 13.1. The fraction of sp³-hybridized carbons (Fsp3) is 0.455. The second-order valence-electron chi connectivity index (χ2n) is 3.57. The first-order valence-corrected chi connectivity index (χ1v) is 4.74. The summed E-state index contributed by atoms with van der Waals surface area (Å²) in [6, 6.07) is 7.21. The van der Waals surface area contributed by atoms with Crippen molar-refractivity contribution in [2.75, 3.05) is 12.3 Å². The van der Waals surface area contributed by atoms with Gasteiger partial charge in [-0.25, -0.2) is 0 Å². The van der Waals surface area contributed by atoms with Gasteiger partial charge < -0.3 is 15.6 Å². The van der Waals surface area contributed by atoms with Gasteiger partial charge in [-0.15, -0.1) is 0 Å². The SMILES string of the molecule is CC(C)OCC(O)c1cccc(N)c1. The molecule has 3 heteroatoms. The highest BCUT2D eigenvalue weighted by molar-refractivity contribution is 5.41. The van der Waals surface area contributed by atoms with Crippen molar-refractivity contribution in [2.45, 2.75) is 26.1 Å². The lowest BCUT2D eigenvalue weighted by Crippen LogP contribution is -2.11. The maximum absolute atomic E-state index is 9.71. The van der Waals surface area contributed by atoms with Gasteiger partial charge in [0.2, 0.25) is 0 Å². The molecule has 0 aromatic heterocycles. The van der Waals surface area contributed by atoms with Crippen LogP contribution in [-0.2, 0) is 4.74 Å². The molecular formula is C11H17NO2. The lowest BCUT2D eigenvalue weighted by atomic mass is 10.1. The van der Waals surface area contributed by atoms with Crippen LogP contribution in [0.25, 0.3) is 0 Å². The molecule has 0 aliphatic carbocycles. The Hall–Kier alpha value is -1.06. The Labute approximate surface area is 84.5 Å². The number of nitrogens with two attached hydrogens (primary N) is 1. The molecule has 1 aromatic carbocycles. The predicted octanol–water partition coefficient (Wildman–Crippen LogP) is 1.73. The summed E-state index contributed by atoms with van der Waals surface area (Å²) in [6.07, 6.45) is -0.466. The van der Waals surface area contributed by atoms with Crippen LogP contribution in [0.5, 0.6) is 0 Å². The maximum atomic E-state index is 9.71. The van der Waals surface area contributed by atoms with Crippen molar-refractivity contribution in [3.8, 4) is 0 Å². The summed E-state index contributed by atoms with van der Waals surface area (Å²) in [7, 11) is 0. The van der Waals surface area contributed by atoms with E-state index in [1.807, 2.05) is 26.0 Å². The van der Waals surface area contributed by atoms with Crippen LogP contribution < -0.4 is 5.73 Å². The third kappa shape index (κ3) is 3.36.